The van der Waals surface area contributed by atoms with Crippen LogP contribution >= 0.6 is 22.9 Å². The number of halogens is 1. The van der Waals surface area contributed by atoms with Crippen molar-refractivity contribution < 1.29 is 19.1 Å². The Morgan fingerprint density at radius 3 is 2.94 bits per heavy atom. The Balaban J connectivity index is 1.61. The highest BCUT2D eigenvalue weighted by Gasteiger charge is 2.33. The molecular weight excluding hydrogens is 450 g/mol. The van der Waals surface area contributed by atoms with Crippen LogP contribution in [0.3, 0.4) is 0 Å². The van der Waals surface area contributed by atoms with Crippen molar-refractivity contribution >= 4 is 46.1 Å². The molecule has 1 N–H and O–H groups in total. The van der Waals surface area contributed by atoms with Crippen LogP contribution in [0, 0.1) is 0 Å². The van der Waals surface area contributed by atoms with E-state index in [9.17, 15) is 9.59 Å². The first-order valence-corrected chi connectivity index (χ1v) is 11.3. The van der Waals surface area contributed by atoms with Crippen molar-refractivity contribution in [3.05, 3.63) is 57.9 Å². The van der Waals surface area contributed by atoms with Gasteiger partial charge in [0.15, 0.2) is 6.61 Å². The standard InChI is InChI=1S/C23H22ClN3O4S/c1-14(23(29)26-17-6-4-3-5-16(17)24)27-19-11-15(7-8-20(19)31-12-22(27)28)18-13-32-21(25-18)9-10-30-2/h3-8,11,13-14H,9-10,12H2,1-2H3,(H,26,29). The average Bonchev–Trinajstić information content (AvgIpc) is 3.27. The maximum atomic E-state index is 13.0. The number of nitrogens with one attached hydrogen (secondary N) is 1. The second-order valence-corrected chi connectivity index (χ2v) is 8.60. The predicted molar refractivity (Wildman–Crippen MR) is 126 cm³/mol. The van der Waals surface area contributed by atoms with E-state index >= 15 is 0 Å². The Morgan fingerprint density at radius 2 is 2.16 bits per heavy atom. The van der Waals surface area contributed by atoms with Gasteiger partial charge in [-0.25, -0.2) is 4.98 Å². The molecular formula is C23H22ClN3O4S. The van der Waals surface area contributed by atoms with Crippen molar-refractivity contribution in [2.75, 3.05) is 30.5 Å². The fourth-order valence-corrected chi connectivity index (χ4v) is 4.39. The Morgan fingerprint density at radius 1 is 1.34 bits per heavy atom. The van der Waals surface area contributed by atoms with Crippen LogP contribution in [0.2, 0.25) is 5.02 Å². The Hall–Kier alpha value is -2.94. The molecule has 1 unspecified atom stereocenters. The average molecular weight is 472 g/mol. The molecule has 166 valence electrons. The molecule has 9 heteroatoms. The highest BCUT2D eigenvalue weighted by molar-refractivity contribution is 7.09. The molecule has 1 atom stereocenters. The molecule has 0 aliphatic carbocycles. The third-order valence-electron chi connectivity index (χ3n) is 5.10. The van der Waals surface area contributed by atoms with E-state index < -0.39 is 6.04 Å². The molecule has 2 heterocycles. The van der Waals surface area contributed by atoms with Crippen molar-refractivity contribution in [2.24, 2.45) is 0 Å². The summed E-state index contributed by atoms with van der Waals surface area (Å²) in [6.07, 6.45) is 0.735. The number of thiazole rings is 1. The number of aromatic nitrogens is 1. The number of hydrogen-bond donors (Lipinski definition) is 1. The Bertz CT molecular complexity index is 1150. The number of hydrogen-bond acceptors (Lipinski definition) is 6. The Labute approximate surface area is 194 Å². The number of rotatable bonds is 7. The van der Waals surface area contributed by atoms with Gasteiger partial charge >= 0.3 is 0 Å². The van der Waals surface area contributed by atoms with Gasteiger partial charge in [0.25, 0.3) is 5.91 Å². The van der Waals surface area contributed by atoms with Crippen LogP contribution in [0.4, 0.5) is 11.4 Å². The van der Waals surface area contributed by atoms with Gasteiger partial charge in [-0.2, -0.15) is 0 Å². The summed E-state index contributed by atoms with van der Waals surface area (Å²) in [5.41, 5.74) is 2.67. The summed E-state index contributed by atoms with van der Waals surface area (Å²) < 4.78 is 10.7. The van der Waals surface area contributed by atoms with E-state index in [2.05, 4.69) is 10.3 Å². The molecule has 32 heavy (non-hydrogen) atoms. The normalized spacial score (nSPS) is 14.0. The molecule has 2 amide bonds. The van der Waals surface area contributed by atoms with Gasteiger partial charge in [-0.1, -0.05) is 23.7 Å². The lowest BCUT2D eigenvalue weighted by Crippen LogP contribution is -2.49. The first kappa shape index (κ1) is 22.3. The summed E-state index contributed by atoms with van der Waals surface area (Å²) in [6.45, 7) is 2.15. The van der Waals surface area contributed by atoms with Crippen LogP contribution in [0.1, 0.15) is 11.9 Å². The van der Waals surface area contributed by atoms with Crippen LogP contribution in [-0.2, 0) is 20.7 Å². The lowest BCUT2D eigenvalue weighted by molar-refractivity contribution is -0.125. The zero-order valence-corrected chi connectivity index (χ0v) is 19.2. The summed E-state index contributed by atoms with van der Waals surface area (Å²) >= 11 is 7.72. The lowest BCUT2D eigenvalue weighted by Gasteiger charge is -2.33. The van der Waals surface area contributed by atoms with E-state index in [1.54, 1.807) is 55.7 Å². The summed E-state index contributed by atoms with van der Waals surface area (Å²) in [5, 5.41) is 6.16. The minimum absolute atomic E-state index is 0.131. The molecule has 1 aromatic heterocycles. The monoisotopic (exact) mass is 471 g/mol. The summed E-state index contributed by atoms with van der Waals surface area (Å²) in [4.78, 5) is 31.8. The second kappa shape index (κ2) is 9.68. The maximum absolute atomic E-state index is 13.0. The van der Waals surface area contributed by atoms with Crippen LogP contribution in [0.25, 0.3) is 11.3 Å². The van der Waals surface area contributed by atoms with E-state index in [1.807, 2.05) is 17.5 Å². The topological polar surface area (TPSA) is 80.8 Å². The molecule has 0 saturated carbocycles. The van der Waals surface area contributed by atoms with Crippen molar-refractivity contribution in [3.63, 3.8) is 0 Å². The maximum Gasteiger partial charge on any atom is 0.265 e. The number of carbonyl (C=O) groups excluding carboxylic acids is 2. The van der Waals surface area contributed by atoms with Gasteiger partial charge in [0.2, 0.25) is 5.91 Å². The number of carbonyl (C=O) groups is 2. The molecule has 0 saturated heterocycles. The number of fused-ring (bicyclic) bond motifs is 1. The number of nitrogens with zero attached hydrogens (tertiary/aromatic N) is 2. The van der Waals surface area contributed by atoms with Crippen LogP contribution in [-0.4, -0.2) is 43.2 Å². The molecule has 0 radical (unpaired) electrons. The zero-order chi connectivity index (χ0) is 22.7. The number of methoxy groups -OCH3 is 1. The first-order valence-electron chi connectivity index (χ1n) is 10.1. The number of ether oxygens (including phenoxy) is 2. The number of para-hydroxylation sites is 1. The minimum atomic E-state index is -0.774. The molecule has 7 nitrogen and oxygen atoms in total. The van der Waals surface area contributed by atoms with Crippen molar-refractivity contribution in [2.45, 2.75) is 19.4 Å². The van der Waals surface area contributed by atoms with E-state index in [0.717, 1.165) is 22.7 Å². The second-order valence-electron chi connectivity index (χ2n) is 7.25. The largest absolute Gasteiger partial charge is 0.482 e. The molecule has 3 aromatic rings. The molecule has 0 fully saturated rings. The molecule has 1 aliphatic rings. The van der Waals surface area contributed by atoms with E-state index in [1.165, 1.54) is 4.90 Å². The predicted octanol–water partition coefficient (Wildman–Crippen LogP) is 4.41. The fourth-order valence-electron chi connectivity index (χ4n) is 3.42. The van der Waals surface area contributed by atoms with Crippen molar-refractivity contribution in [1.82, 2.24) is 4.98 Å². The molecule has 2 aromatic carbocycles. The lowest BCUT2D eigenvalue weighted by atomic mass is 10.1. The van der Waals surface area contributed by atoms with E-state index in [0.29, 0.717) is 28.8 Å². The van der Waals surface area contributed by atoms with Gasteiger partial charge in [0, 0.05) is 24.5 Å². The number of benzene rings is 2. The SMILES string of the molecule is COCCc1nc(-c2ccc3c(c2)N(C(C)C(=O)Nc2ccccc2Cl)C(=O)CO3)cs1. The minimum Gasteiger partial charge on any atom is -0.482 e. The van der Waals surface area contributed by atoms with E-state index in [4.69, 9.17) is 21.1 Å². The quantitative estimate of drug-likeness (QED) is 0.552. The van der Waals surface area contributed by atoms with Gasteiger partial charge in [-0.05, 0) is 37.3 Å². The third kappa shape index (κ3) is 4.62. The molecule has 0 spiro atoms. The van der Waals surface area contributed by atoms with Crippen LogP contribution in [0.15, 0.2) is 47.8 Å². The van der Waals surface area contributed by atoms with Crippen LogP contribution < -0.4 is 15.0 Å². The summed E-state index contributed by atoms with van der Waals surface area (Å²) in [5.74, 6) is -0.101. The zero-order valence-electron chi connectivity index (χ0n) is 17.6. The highest BCUT2D eigenvalue weighted by atomic mass is 35.5. The van der Waals surface area contributed by atoms with Gasteiger partial charge in [0.1, 0.15) is 11.8 Å². The number of amides is 2. The van der Waals surface area contributed by atoms with Gasteiger partial charge < -0.3 is 14.8 Å². The first-order chi connectivity index (χ1) is 15.5. The summed E-state index contributed by atoms with van der Waals surface area (Å²) in [6, 6.07) is 11.7. The number of anilines is 2. The Kier molecular flexibility index (Phi) is 6.74. The van der Waals surface area contributed by atoms with Crippen molar-refractivity contribution in [3.8, 4) is 17.0 Å². The van der Waals surface area contributed by atoms with Gasteiger partial charge in [0.05, 0.1) is 33.7 Å². The van der Waals surface area contributed by atoms with Crippen molar-refractivity contribution in [1.29, 1.82) is 0 Å². The molecule has 4 rings (SSSR count). The fraction of sp³-hybridized carbons (Fsp3) is 0.261. The van der Waals surface area contributed by atoms with Crippen LogP contribution in [0.5, 0.6) is 5.75 Å². The third-order valence-corrected chi connectivity index (χ3v) is 6.34. The van der Waals surface area contributed by atoms with E-state index in [-0.39, 0.29) is 18.4 Å². The van der Waals surface area contributed by atoms with Gasteiger partial charge in [-0.15, -0.1) is 11.3 Å². The smallest absolute Gasteiger partial charge is 0.265 e. The molecule has 1 aliphatic heterocycles. The highest BCUT2D eigenvalue weighted by Crippen LogP contribution is 2.37. The molecule has 0 bridgehead atoms. The summed E-state index contributed by atoms with van der Waals surface area (Å²) in [7, 11) is 1.66. The van der Waals surface area contributed by atoms with Gasteiger partial charge in [-0.3, -0.25) is 14.5 Å².